The van der Waals surface area contributed by atoms with Crippen molar-refractivity contribution in [1.29, 1.82) is 0 Å². The molecule has 29 heavy (non-hydrogen) atoms. The van der Waals surface area contributed by atoms with E-state index < -0.39 is 0 Å². The third-order valence-corrected chi connectivity index (χ3v) is 6.92. The first-order chi connectivity index (χ1) is 14.0. The van der Waals surface area contributed by atoms with Gasteiger partial charge in [0.1, 0.15) is 22.0 Å². The van der Waals surface area contributed by atoms with Gasteiger partial charge in [-0.3, -0.25) is 9.47 Å². The zero-order valence-corrected chi connectivity index (χ0v) is 18.3. The first-order valence-electron chi connectivity index (χ1n) is 9.27. The van der Waals surface area contributed by atoms with Crippen LogP contribution in [0, 0.1) is 5.82 Å². The SMILES string of the molecule is CCc1cc2c(Sc3nnc([C@H](C)N(C)C)n3-c3ccc(F)cc3)ncnc2s1. The van der Waals surface area contributed by atoms with Gasteiger partial charge in [0.05, 0.1) is 6.04 Å². The van der Waals surface area contributed by atoms with Gasteiger partial charge in [0.15, 0.2) is 5.82 Å². The van der Waals surface area contributed by atoms with E-state index in [0.29, 0.717) is 5.16 Å². The third-order valence-electron chi connectivity index (χ3n) is 4.77. The monoisotopic (exact) mass is 428 g/mol. The van der Waals surface area contributed by atoms with Crippen LogP contribution in [0.25, 0.3) is 15.9 Å². The number of hydrogen-bond acceptors (Lipinski definition) is 7. The van der Waals surface area contributed by atoms with E-state index in [1.54, 1.807) is 29.8 Å². The van der Waals surface area contributed by atoms with Crippen molar-refractivity contribution in [3.05, 3.63) is 53.2 Å². The number of benzene rings is 1. The van der Waals surface area contributed by atoms with E-state index in [2.05, 4.69) is 45.0 Å². The Hall–Kier alpha value is -2.36. The highest BCUT2D eigenvalue weighted by molar-refractivity contribution is 7.99. The van der Waals surface area contributed by atoms with Gasteiger partial charge in [-0.15, -0.1) is 21.5 Å². The van der Waals surface area contributed by atoms with Crippen LogP contribution < -0.4 is 0 Å². The average Bonchev–Trinajstić information content (AvgIpc) is 3.32. The number of rotatable bonds is 6. The summed E-state index contributed by atoms with van der Waals surface area (Å²) in [7, 11) is 3.99. The maximum absolute atomic E-state index is 13.5. The third kappa shape index (κ3) is 3.90. The standard InChI is InChI=1S/C20H21FN6S2/c1-5-15-10-16-18(28-15)22-11-23-19(16)29-20-25-24-17(12(2)26(3)4)27(20)14-8-6-13(21)7-9-14/h6-12H,5H2,1-4H3/t12-/m0/s1. The molecule has 9 heteroatoms. The van der Waals surface area contributed by atoms with E-state index in [9.17, 15) is 4.39 Å². The lowest BCUT2D eigenvalue weighted by atomic mass is 10.2. The molecule has 3 heterocycles. The minimum atomic E-state index is -0.277. The molecule has 0 aliphatic heterocycles. The number of halogens is 1. The van der Waals surface area contributed by atoms with Crippen LogP contribution in [-0.2, 0) is 6.42 Å². The molecular weight excluding hydrogens is 407 g/mol. The van der Waals surface area contributed by atoms with Crippen LogP contribution in [0.1, 0.15) is 30.6 Å². The molecule has 0 unspecified atom stereocenters. The highest BCUT2D eigenvalue weighted by atomic mass is 32.2. The molecule has 4 aromatic rings. The minimum Gasteiger partial charge on any atom is -0.300 e. The Balaban J connectivity index is 1.82. The molecule has 1 aromatic carbocycles. The first kappa shape index (κ1) is 19.9. The van der Waals surface area contributed by atoms with E-state index in [1.165, 1.54) is 28.8 Å². The summed E-state index contributed by atoms with van der Waals surface area (Å²) in [5, 5.41) is 11.4. The van der Waals surface area contributed by atoms with Gasteiger partial charge in [-0.05, 0) is 69.5 Å². The van der Waals surface area contributed by atoms with E-state index in [-0.39, 0.29) is 11.9 Å². The van der Waals surface area contributed by atoms with Gasteiger partial charge in [-0.2, -0.15) is 0 Å². The Morgan fingerprint density at radius 2 is 1.93 bits per heavy atom. The molecule has 0 saturated heterocycles. The summed E-state index contributed by atoms with van der Waals surface area (Å²) in [6.45, 7) is 4.19. The fourth-order valence-electron chi connectivity index (χ4n) is 2.91. The summed E-state index contributed by atoms with van der Waals surface area (Å²) in [5.74, 6) is 0.509. The molecule has 0 fully saturated rings. The average molecular weight is 429 g/mol. The van der Waals surface area contributed by atoms with Gasteiger partial charge in [0.2, 0.25) is 5.16 Å². The molecule has 0 aliphatic rings. The predicted molar refractivity (Wildman–Crippen MR) is 114 cm³/mol. The van der Waals surface area contributed by atoms with Crippen LogP contribution in [0.2, 0.25) is 0 Å². The Kier molecular flexibility index (Phi) is 5.62. The van der Waals surface area contributed by atoms with Crippen molar-refractivity contribution in [2.24, 2.45) is 0 Å². The van der Waals surface area contributed by atoms with E-state index in [1.807, 2.05) is 18.7 Å². The zero-order valence-electron chi connectivity index (χ0n) is 16.6. The molecule has 0 radical (unpaired) electrons. The second-order valence-corrected chi connectivity index (χ2v) is 8.93. The molecule has 3 aromatic heterocycles. The quantitative estimate of drug-likeness (QED) is 0.413. The molecule has 0 saturated carbocycles. The van der Waals surface area contributed by atoms with E-state index in [0.717, 1.165) is 33.2 Å². The maximum atomic E-state index is 13.5. The van der Waals surface area contributed by atoms with Gasteiger partial charge in [0.25, 0.3) is 0 Å². The highest BCUT2D eigenvalue weighted by Gasteiger charge is 2.22. The Bertz CT molecular complexity index is 1140. The van der Waals surface area contributed by atoms with E-state index >= 15 is 0 Å². The fourth-order valence-corrected chi connectivity index (χ4v) is 4.82. The van der Waals surface area contributed by atoms with Crippen molar-refractivity contribution in [3.8, 4) is 5.69 Å². The van der Waals surface area contributed by atoms with Crippen LogP contribution in [0.3, 0.4) is 0 Å². The molecular formula is C20H21FN6S2. The minimum absolute atomic E-state index is 0.0279. The summed E-state index contributed by atoms with van der Waals surface area (Å²) in [4.78, 5) is 13.2. The lowest BCUT2D eigenvalue weighted by Gasteiger charge is -2.20. The lowest BCUT2D eigenvalue weighted by molar-refractivity contribution is 0.305. The second kappa shape index (κ2) is 8.17. The van der Waals surface area contributed by atoms with Gasteiger partial charge in [-0.25, -0.2) is 14.4 Å². The Labute approximate surface area is 176 Å². The largest absolute Gasteiger partial charge is 0.300 e. The first-order valence-corrected chi connectivity index (χ1v) is 10.9. The van der Waals surface area contributed by atoms with Crippen molar-refractivity contribution in [2.75, 3.05) is 14.1 Å². The highest BCUT2D eigenvalue weighted by Crippen LogP contribution is 2.36. The van der Waals surface area contributed by atoms with Gasteiger partial charge < -0.3 is 0 Å². The second-order valence-electron chi connectivity index (χ2n) is 6.86. The number of thiophene rings is 1. The van der Waals surface area contributed by atoms with E-state index in [4.69, 9.17) is 0 Å². The number of nitrogens with zero attached hydrogens (tertiary/aromatic N) is 6. The van der Waals surface area contributed by atoms with Crippen LogP contribution in [0.5, 0.6) is 0 Å². The number of aromatic nitrogens is 5. The fraction of sp³-hybridized carbons (Fsp3) is 0.300. The van der Waals surface area contributed by atoms with Crippen molar-refractivity contribution in [3.63, 3.8) is 0 Å². The molecule has 4 rings (SSSR count). The molecule has 6 nitrogen and oxygen atoms in total. The van der Waals surface area contributed by atoms with Crippen molar-refractivity contribution < 1.29 is 4.39 Å². The normalized spacial score (nSPS) is 12.8. The molecule has 0 amide bonds. The number of fused-ring (bicyclic) bond motifs is 1. The Morgan fingerprint density at radius 1 is 1.17 bits per heavy atom. The summed E-state index contributed by atoms with van der Waals surface area (Å²) in [6.07, 6.45) is 2.55. The van der Waals surface area contributed by atoms with Gasteiger partial charge in [0, 0.05) is 16.0 Å². The van der Waals surface area contributed by atoms with Gasteiger partial charge >= 0.3 is 0 Å². The summed E-state index contributed by atoms with van der Waals surface area (Å²) >= 11 is 3.13. The smallest absolute Gasteiger partial charge is 0.202 e. The molecule has 1 atom stereocenters. The molecule has 0 aliphatic carbocycles. The zero-order chi connectivity index (χ0) is 20.5. The Morgan fingerprint density at radius 3 is 2.62 bits per heavy atom. The van der Waals surface area contributed by atoms with Crippen molar-refractivity contribution >= 4 is 33.3 Å². The summed E-state index contributed by atoms with van der Waals surface area (Å²) in [6, 6.07) is 8.55. The topological polar surface area (TPSA) is 59.7 Å². The predicted octanol–water partition coefficient (Wildman–Crippen LogP) is 4.75. The summed E-state index contributed by atoms with van der Waals surface area (Å²) < 4.78 is 15.5. The van der Waals surface area contributed by atoms with Crippen LogP contribution in [0.4, 0.5) is 4.39 Å². The van der Waals surface area contributed by atoms with Crippen molar-refractivity contribution in [1.82, 2.24) is 29.6 Å². The lowest BCUT2D eigenvalue weighted by Crippen LogP contribution is -2.20. The maximum Gasteiger partial charge on any atom is 0.202 e. The molecule has 0 bridgehead atoms. The molecule has 150 valence electrons. The molecule has 0 spiro atoms. The van der Waals surface area contributed by atoms with Crippen LogP contribution in [0.15, 0.2) is 46.8 Å². The van der Waals surface area contributed by atoms with Crippen LogP contribution >= 0.6 is 23.1 Å². The van der Waals surface area contributed by atoms with Crippen molar-refractivity contribution in [2.45, 2.75) is 36.5 Å². The van der Waals surface area contributed by atoms with Crippen LogP contribution in [-0.4, -0.2) is 43.7 Å². The number of hydrogen-bond donors (Lipinski definition) is 0. The van der Waals surface area contributed by atoms with Gasteiger partial charge in [-0.1, -0.05) is 6.92 Å². The number of aryl methyl sites for hydroxylation is 1. The molecule has 0 N–H and O–H groups in total. The summed E-state index contributed by atoms with van der Waals surface area (Å²) in [5.41, 5.74) is 0.812.